The Labute approximate surface area is 183 Å². The number of ether oxygens (including phenoxy) is 1. The van der Waals surface area contributed by atoms with Crippen molar-refractivity contribution in [3.63, 3.8) is 0 Å². The minimum Gasteiger partial charge on any atom is -0.470 e. The Hall–Kier alpha value is -2.70. The molecule has 3 aromatic rings. The highest BCUT2D eigenvalue weighted by Crippen LogP contribution is 2.36. The van der Waals surface area contributed by atoms with Gasteiger partial charge >= 0.3 is 12.1 Å². The van der Waals surface area contributed by atoms with Crippen LogP contribution in [0.1, 0.15) is 19.8 Å². The SMILES string of the molecule is CCSc1nn2c(NCC3CC3)ccnc2c1-c1cnc(OCC(F)(F)C(F)(F)F)cn1. The number of hydrogen-bond acceptors (Lipinski definition) is 7. The zero-order valence-electron chi connectivity index (χ0n) is 16.9. The number of alkyl halides is 5. The van der Waals surface area contributed by atoms with Gasteiger partial charge in [-0.2, -0.15) is 31.6 Å². The van der Waals surface area contributed by atoms with Crippen molar-refractivity contribution < 1.29 is 26.7 Å². The highest BCUT2D eigenvalue weighted by molar-refractivity contribution is 7.99. The lowest BCUT2D eigenvalue weighted by molar-refractivity contribution is -0.290. The van der Waals surface area contributed by atoms with Crippen LogP contribution < -0.4 is 10.1 Å². The van der Waals surface area contributed by atoms with E-state index < -0.39 is 24.6 Å². The highest BCUT2D eigenvalue weighted by atomic mass is 32.2. The number of fused-ring (bicyclic) bond motifs is 1. The van der Waals surface area contributed by atoms with Crippen LogP contribution in [0, 0.1) is 5.92 Å². The summed E-state index contributed by atoms with van der Waals surface area (Å²) in [5.74, 6) is -3.29. The smallest absolute Gasteiger partial charge is 0.456 e. The Morgan fingerprint density at radius 3 is 2.56 bits per heavy atom. The van der Waals surface area contributed by atoms with Crippen molar-refractivity contribution >= 4 is 23.2 Å². The molecule has 0 aliphatic heterocycles. The molecule has 0 amide bonds. The second-order valence-electron chi connectivity index (χ2n) is 7.23. The molecule has 7 nitrogen and oxygen atoms in total. The Bertz CT molecular complexity index is 1080. The molecule has 0 radical (unpaired) electrons. The van der Waals surface area contributed by atoms with E-state index in [0.717, 1.165) is 24.3 Å². The van der Waals surface area contributed by atoms with E-state index in [1.807, 2.05) is 13.0 Å². The maximum absolute atomic E-state index is 13.1. The Morgan fingerprint density at radius 1 is 1.16 bits per heavy atom. The first-order valence-electron chi connectivity index (χ1n) is 9.84. The third-order valence-corrected chi connectivity index (χ3v) is 5.58. The van der Waals surface area contributed by atoms with Crippen LogP contribution in [-0.4, -0.2) is 55.6 Å². The summed E-state index contributed by atoms with van der Waals surface area (Å²) in [6.45, 7) is 0.913. The molecule has 0 bridgehead atoms. The molecule has 1 N–H and O–H groups in total. The Kier molecular flexibility index (Phi) is 6.10. The number of thioether (sulfide) groups is 1. The minimum atomic E-state index is -5.71. The average Bonchev–Trinajstić information content (AvgIpc) is 3.50. The predicted octanol–water partition coefficient (Wildman–Crippen LogP) is 4.70. The molecular formula is C19H19F5N6OS. The standard InChI is InChI=1S/C19H19F5N6OS/c1-2-32-17-15(16-25-6-5-13(30(16)29-17)27-7-11-3-4-11)12-8-28-14(9-26-12)31-10-18(20,21)19(22,23)24/h5-6,8-9,11,27H,2-4,7,10H2,1H3. The van der Waals surface area contributed by atoms with Gasteiger partial charge < -0.3 is 10.1 Å². The third kappa shape index (κ3) is 4.71. The lowest BCUT2D eigenvalue weighted by atomic mass is 10.2. The summed E-state index contributed by atoms with van der Waals surface area (Å²) in [7, 11) is 0. The summed E-state index contributed by atoms with van der Waals surface area (Å²) >= 11 is 1.47. The molecule has 0 unspecified atom stereocenters. The summed E-state index contributed by atoms with van der Waals surface area (Å²) in [6, 6.07) is 1.82. The van der Waals surface area contributed by atoms with E-state index in [1.54, 1.807) is 10.7 Å². The fraction of sp³-hybridized carbons (Fsp3) is 0.474. The van der Waals surface area contributed by atoms with E-state index >= 15 is 0 Å². The van der Waals surface area contributed by atoms with Crippen LogP contribution in [0.25, 0.3) is 16.9 Å². The second kappa shape index (κ2) is 8.68. The maximum atomic E-state index is 13.1. The summed E-state index contributed by atoms with van der Waals surface area (Å²) in [4.78, 5) is 12.4. The van der Waals surface area contributed by atoms with Crippen molar-refractivity contribution in [3.8, 4) is 17.1 Å². The van der Waals surface area contributed by atoms with Crippen molar-refractivity contribution in [2.45, 2.75) is 36.9 Å². The first-order valence-corrected chi connectivity index (χ1v) is 10.8. The van der Waals surface area contributed by atoms with E-state index in [0.29, 0.717) is 27.8 Å². The van der Waals surface area contributed by atoms with Crippen LogP contribution in [-0.2, 0) is 0 Å². The normalized spacial score (nSPS) is 14.7. The fourth-order valence-electron chi connectivity index (χ4n) is 2.86. The van der Waals surface area contributed by atoms with Gasteiger partial charge in [0.2, 0.25) is 5.88 Å². The van der Waals surface area contributed by atoms with Gasteiger partial charge in [0.25, 0.3) is 0 Å². The molecule has 0 aromatic carbocycles. The summed E-state index contributed by atoms with van der Waals surface area (Å²) < 4.78 is 69.2. The zero-order valence-corrected chi connectivity index (χ0v) is 17.7. The molecule has 0 saturated heterocycles. The van der Waals surface area contributed by atoms with Crippen molar-refractivity contribution in [1.29, 1.82) is 0 Å². The molecule has 3 heterocycles. The van der Waals surface area contributed by atoms with Crippen LogP contribution in [0.3, 0.4) is 0 Å². The lowest BCUT2D eigenvalue weighted by Gasteiger charge is -2.19. The minimum absolute atomic E-state index is 0.345. The number of nitrogens with zero attached hydrogens (tertiary/aromatic N) is 5. The van der Waals surface area contributed by atoms with Crippen LogP contribution >= 0.6 is 11.8 Å². The van der Waals surface area contributed by atoms with E-state index in [2.05, 4.69) is 30.1 Å². The molecular weight excluding hydrogens is 455 g/mol. The van der Waals surface area contributed by atoms with Gasteiger partial charge in [-0.3, -0.25) is 0 Å². The Balaban J connectivity index is 1.60. The van der Waals surface area contributed by atoms with E-state index in [9.17, 15) is 22.0 Å². The van der Waals surface area contributed by atoms with Gasteiger partial charge in [-0.15, -0.1) is 11.8 Å². The molecule has 172 valence electrons. The van der Waals surface area contributed by atoms with Crippen LogP contribution in [0.4, 0.5) is 27.8 Å². The number of nitrogens with one attached hydrogen (secondary N) is 1. The molecule has 0 spiro atoms. The average molecular weight is 474 g/mol. The van der Waals surface area contributed by atoms with E-state index in [-0.39, 0.29) is 0 Å². The van der Waals surface area contributed by atoms with Gasteiger partial charge in [0.05, 0.1) is 23.7 Å². The quantitative estimate of drug-likeness (QED) is 0.356. The van der Waals surface area contributed by atoms with Gasteiger partial charge in [0, 0.05) is 12.7 Å². The molecule has 32 heavy (non-hydrogen) atoms. The first-order chi connectivity index (χ1) is 15.2. The van der Waals surface area contributed by atoms with Crippen molar-refractivity contribution in [3.05, 3.63) is 24.7 Å². The highest BCUT2D eigenvalue weighted by Gasteiger charge is 2.58. The zero-order chi connectivity index (χ0) is 22.9. The molecule has 1 saturated carbocycles. The molecule has 1 aliphatic carbocycles. The van der Waals surface area contributed by atoms with E-state index in [4.69, 9.17) is 0 Å². The number of rotatable bonds is 9. The molecule has 4 rings (SSSR count). The third-order valence-electron chi connectivity index (χ3n) is 4.74. The topological polar surface area (TPSA) is 77.2 Å². The summed E-state index contributed by atoms with van der Waals surface area (Å²) in [5, 5.41) is 8.64. The molecule has 1 fully saturated rings. The second-order valence-corrected chi connectivity index (χ2v) is 8.49. The number of hydrogen-bond donors (Lipinski definition) is 1. The number of halogens is 5. The maximum Gasteiger partial charge on any atom is 0.456 e. The van der Waals surface area contributed by atoms with Gasteiger partial charge in [-0.1, -0.05) is 6.92 Å². The van der Waals surface area contributed by atoms with Gasteiger partial charge in [-0.05, 0) is 30.6 Å². The molecule has 13 heteroatoms. The fourth-order valence-corrected chi connectivity index (χ4v) is 3.61. The number of anilines is 1. The monoisotopic (exact) mass is 474 g/mol. The predicted molar refractivity (Wildman–Crippen MR) is 108 cm³/mol. The molecule has 0 atom stereocenters. The van der Waals surface area contributed by atoms with Crippen LogP contribution in [0.15, 0.2) is 29.7 Å². The van der Waals surface area contributed by atoms with Crippen molar-refractivity contribution in [2.75, 3.05) is 24.2 Å². The van der Waals surface area contributed by atoms with Crippen LogP contribution in [0.5, 0.6) is 5.88 Å². The van der Waals surface area contributed by atoms with Gasteiger partial charge in [0.15, 0.2) is 12.3 Å². The van der Waals surface area contributed by atoms with Gasteiger partial charge in [-0.25, -0.2) is 15.0 Å². The lowest BCUT2D eigenvalue weighted by Crippen LogP contribution is -2.41. The first kappa shape index (κ1) is 22.5. The summed E-state index contributed by atoms with van der Waals surface area (Å²) in [5.41, 5.74) is 1.46. The van der Waals surface area contributed by atoms with Gasteiger partial charge in [0.1, 0.15) is 10.8 Å². The van der Waals surface area contributed by atoms with Crippen molar-refractivity contribution in [2.24, 2.45) is 5.92 Å². The van der Waals surface area contributed by atoms with E-state index in [1.165, 1.54) is 30.8 Å². The molecule has 1 aliphatic rings. The van der Waals surface area contributed by atoms with Crippen molar-refractivity contribution in [1.82, 2.24) is 24.6 Å². The number of aromatic nitrogens is 5. The molecule has 3 aromatic heterocycles. The largest absolute Gasteiger partial charge is 0.470 e. The summed E-state index contributed by atoms with van der Waals surface area (Å²) in [6.07, 6.45) is 0.564. The van der Waals surface area contributed by atoms with Crippen LogP contribution in [0.2, 0.25) is 0 Å². The Morgan fingerprint density at radius 2 is 1.94 bits per heavy atom.